The molecule has 1 aromatic heterocycles. The van der Waals surface area contributed by atoms with Gasteiger partial charge < -0.3 is 10.2 Å². The van der Waals surface area contributed by atoms with Crippen LogP contribution in [0.1, 0.15) is 16.9 Å². The Labute approximate surface area is 155 Å². The van der Waals surface area contributed by atoms with E-state index in [1.54, 1.807) is 11.9 Å². The van der Waals surface area contributed by atoms with Gasteiger partial charge in [0.15, 0.2) is 9.84 Å². The smallest absolute Gasteiger partial charge is 0.274 e. The second kappa shape index (κ2) is 7.16. The van der Waals surface area contributed by atoms with Crippen LogP contribution in [-0.4, -0.2) is 48.9 Å². The van der Waals surface area contributed by atoms with E-state index in [0.717, 1.165) is 6.07 Å². The Bertz CT molecular complexity index is 954. The molecule has 1 saturated heterocycles. The number of aromatic nitrogens is 2. The van der Waals surface area contributed by atoms with E-state index in [9.17, 15) is 17.6 Å². The van der Waals surface area contributed by atoms with Crippen LogP contribution in [0.15, 0.2) is 30.5 Å². The van der Waals surface area contributed by atoms with Gasteiger partial charge in [-0.2, -0.15) is 0 Å². The molecule has 138 valence electrons. The van der Waals surface area contributed by atoms with E-state index in [1.807, 2.05) is 0 Å². The molecule has 1 aromatic carbocycles. The number of sulfone groups is 1. The van der Waals surface area contributed by atoms with Crippen LogP contribution >= 0.6 is 11.6 Å². The molecule has 1 N–H and O–H groups in total. The summed E-state index contributed by atoms with van der Waals surface area (Å²) in [5.74, 6) is -0.659. The fourth-order valence-corrected chi connectivity index (χ4v) is 4.61. The summed E-state index contributed by atoms with van der Waals surface area (Å²) < 4.78 is 36.5. The Morgan fingerprint density at radius 3 is 2.81 bits per heavy atom. The highest BCUT2D eigenvalue weighted by atomic mass is 35.5. The fraction of sp³-hybridized carbons (Fsp3) is 0.312. The van der Waals surface area contributed by atoms with Gasteiger partial charge in [-0.15, -0.1) is 0 Å². The molecular weight excluding hydrogens is 383 g/mol. The second-order valence-electron chi connectivity index (χ2n) is 5.99. The topological polar surface area (TPSA) is 92.3 Å². The number of rotatable bonds is 4. The van der Waals surface area contributed by atoms with Crippen molar-refractivity contribution in [3.8, 4) is 0 Å². The maximum Gasteiger partial charge on any atom is 0.274 e. The van der Waals surface area contributed by atoms with Gasteiger partial charge in [0.2, 0.25) is 5.95 Å². The maximum absolute atomic E-state index is 13.2. The highest BCUT2D eigenvalue weighted by molar-refractivity contribution is 7.91. The van der Waals surface area contributed by atoms with Crippen molar-refractivity contribution in [3.05, 3.63) is 47.0 Å². The molecule has 0 spiro atoms. The summed E-state index contributed by atoms with van der Waals surface area (Å²) in [7, 11) is -1.35. The van der Waals surface area contributed by atoms with Gasteiger partial charge >= 0.3 is 0 Å². The van der Waals surface area contributed by atoms with E-state index in [-0.39, 0.29) is 34.2 Å². The van der Waals surface area contributed by atoms with Gasteiger partial charge in [0, 0.05) is 25.0 Å². The molecule has 0 aliphatic carbocycles. The number of carbonyl (C=O) groups excluding carboxylic acids is 1. The molecule has 0 bridgehead atoms. The van der Waals surface area contributed by atoms with Crippen LogP contribution in [0, 0.1) is 5.82 Å². The predicted octanol–water partition coefficient (Wildman–Crippen LogP) is 2.14. The van der Waals surface area contributed by atoms with Gasteiger partial charge in [0.25, 0.3) is 5.91 Å². The minimum atomic E-state index is -3.04. The zero-order chi connectivity index (χ0) is 18.9. The number of hydrogen-bond acceptors (Lipinski definition) is 6. The van der Waals surface area contributed by atoms with Crippen LogP contribution in [0.2, 0.25) is 5.02 Å². The highest BCUT2D eigenvalue weighted by Gasteiger charge is 2.31. The third-order valence-electron chi connectivity index (χ3n) is 4.12. The quantitative estimate of drug-likeness (QED) is 0.848. The van der Waals surface area contributed by atoms with Gasteiger partial charge in [-0.3, -0.25) is 4.79 Å². The molecule has 26 heavy (non-hydrogen) atoms. The number of halogens is 2. The SMILES string of the molecule is CN(c1nccc(C(=O)Nc2ccc(F)c(Cl)c2)n1)C1CCS(=O)(=O)C1. The lowest BCUT2D eigenvalue weighted by Gasteiger charge is -2.23. The zero-order valence-electron chi connectivity index (χ0n) is 13.8. The number of nitrogens with one attached hydrogen (secondary N) is 1. The summed E-state index contributed by atoms with van der Waals surface area (Å²) in [5.41, 5.74) is 0.431. The monoisotopic (exact) mass is 398 g/mol. The maximum atomic E-state index is 13.2. The molecule has 1 fully saturated rings. The van der Waals surface area contributed by atoms with Gasteiger partial charge in [0.1, 0.15) is 11.5 Å². The summed E-state index contributed by atoms with van der Waals surface area (Å²) in [6.07, 6.45) is 1.92. The molecule has 1 unspecified atom stereocenters. The lowest BCUT2D eigenvalue weighted by Crippen LogP contribution is -2.34. The predicted molar refractivity (Wildman–Crippen MR) is 96.9 cm³/mol. The van der Waals surface area contributed by atoms with Crippen LogP contribution in [0.3, 0.4) is 0 Å². The minimum Gasteiger partial charge on any atom is -0.340 e. The summed E-state index contributed by atoms with van der Waals surface area (Å²) in [4.78, 5) is 22.3. The van der Waals surface area contributed by atoms with Gasteiger partial charge in [-0.25, -0.2) is 22.8 Å². The molecular formula is C16H16ClFN4O3S. The fourth-order valence-electron chi connectivity index (χ4n) is 2.66. The molecule has 3 rings (SSSR count). The lowest BCUT2D eigenvalue weighted by molar-refractivity contribution is 0.102. The average Bonchev–Trinajstić information content (AvgIpc) is 2.97. The van der Waals surface area contributed by atoms with Crippen molar-refractivity contribution in [2.24, 2.45) is 0 Å². The van der Waals surface area contributed by atoms with E-state index in [4.69, 9.17) is 11.6 Å². The molecule has 10 heteroatoms. The van der Waals surface area contributed by atoms with Crippen molar-refractivity contribution in [2.75, 3.05) is 28.8 Å². The van der Waals surface area contributed by atoms with Crippen LogP contribution < -0.4 is 10.2 Å². The van der Waals surface area contributed by atoms with Crippen molar-refractivity contribution in [1.29, 1.82) is 0 Å². The van der Waals surface area contributed by atoms with Crippen molar-refractivity contribution in [2.45, 2.75) is 12.5 Å². The number of carbonyl (C=O) groups is 1. The summed E-state index contributed by atoms with van der Waals surface area (Å²) in [6, 6.07) is 5.04. The van der Waals surface area contributed by atoms with Gasteiger partial charge in [-0.05, 0) is 30.7 Å². The summed E-state index contributed by atoms with van der Waals surface area (Å²) in [5, 5.41) is 2.48. The Morgan fingerprint density at radius 1 is 1.38 bits per heavy atom. The number of hydrogen-bond donors (Lipinski definition) is 1. The summed E-state index contributed by atoms with van der Waals surface area (Å²) >= 11 is 5.70. The van der Waals surface area contributed by atoms with Crippen molar-refractivity contribution in [3.63, 3.8) is 0 Å². The van der Waals surface area contributed by atoms with Crippen LogP contribution in [0.4, 0.5) is 16.0 Å². The molecule has 1 aliphatic rings. The molecule has 2 heterocycles. The molecule has 0 radical (unpaired) electrons. The molecule has 7 nitrogen and oxygen atoms in total. The van der Waals surface area contributed by atoms with E-state index in [1.165, 1.54) is 24.4 Å². The standard InChI is InChI=1S/C16H16ClFN4O3S/c1-22(11-5-7-26(24,25)9-11)16-19-6-4-14(21-16)15(23)20-10-2-3-13(18)12(17)8-10/h2-4,6,8,11H,5,7,9H2,1H3,(H,20,23). The molecule has 1 amide bonds. The molecule has 2 aromatic rings. The number of amides is 1. The first-order valence-corrected chi connectivity index (χ1v) is 9.98. The van der Waals surface area contributed by atoms with Crippen LogP contribution in [-0.2, 0) is 9.84 Å². The van der Waals surface area contributed by atoms with Crippen LogP contribution in [0.25, 0.3) is 0 Å². The van der Waals surface area contributed by atoms with E-state index < -0.39 is 21.6 Å². The first kappa shape index (κ1) is 18.5. The normalized spacial score (nSPS) is 18.5. The van der Waals surface area contributed by atoms with Crippen molar-refractivity contribution < 1.29 is 17.6 Å². The molecule has 1 aliphatic heterocycles. The number of nitrogens with zero attached hydrogens (tertiary/aromatic N) is 3. The third kappa shape index (κ3) is 4.10. The largest absolute Gasteiger partial charge is 0.340 e. The Morgan fingerprint density at radius 2 is 2.15 bits per heavy atom. The number of benzene rings is 1. The van der Waals surface area contributed by atoms with Crippen molar-refractivity contribution in [1.82, 2.24) is 9.97 Å². The Hall–Kier alpha value is -2.26. The van der Waals surface area contributed by atoms with E-state index in [2.05, 4.69) is 15.3 Å². The number of anilines is 2. The zero-order valence-corrected chi connectivity index (χ0v) is 15.4. The minimum absolute atomic E-state index is 0.0391. The van der Waals surface area contributed by atoms with Gasteiger partial charge in [-0.1, -0.05) is 11.6 Å². The second-order valence-corrected chi connectivity index (χ2v) is 8.63. The van der Waals surface area contributed by atoms with Crippen LogP contribution in [0.5, 0.6) is 0 Å². The highest BCUT2D eigenvalue weighted by Crippen LogP contribution is 2.21. The van der Waals surface area contributed by atoms with E-state index in [0.29, 0.717) is 12.1 Å². The molecule has 0 saturated carbocycles. The van der Waals surface area contributed by atoms with E-state index >= 15 is 0 Å². The van der Waals surface area contributed by atoms with Crippen molar-refractivity contribution >= 4 is 39.0 Å². The first-order chi connectivity index (χ1) is 12.2. The lowest BCUT2D eigenvalue weighted by atomic mass is 10.2. The third-order valence-corrected chi connectivity index (χ3v) is 6.16. The Kier molecular flexibility index (Phi) is 5.10. The average molecular weight is 399 g/mol. The summed E-state index contributed by atoms with van der Waals surface area (Å²) in [6.45, 7) is 0. The first-order valence-electron chi connectivity index (χ1n) is 7.78. The Balaban J connectivity index is 1.76. The van der Waals surface area contributed by atoms with Gasteiger partial charge in [0.05, 0.1) is 16.5 Å². The molecule has 1 atom stereocenters.